The zero-order valence-corrected chi connectivity index (χ0v) is 16.4. The zero-order valence-electron chi connectivity index (χ0n) is 16.4. The third-order valence-corrected chi connectivity index (χ3v) is 4.07. The quantitative estimate of drug-likeness (QED) is 0.729. The molecule has 2 atom stereocenters. The lowest BCUT2D eigenvalue weighted by molar-refractivity contribution is -0.148. The normalized spacial score (nSPS) is 20.5. The first-order chi connectivity index (χ1) is 12.4. The van der Waals surface area contributed by atoms with Gasteiger partial charge in [-0.3, -0.25) is 4.79 Å². The predicted molar refractivity (Wildman–Crippen MR) is 96.5 cm³/mol. The highest BCUT2D eigenvalue weighted by atomic mass is 16.6. The number of hydrogen-bond acceptors (Lipinski definition) is 6. The van der Waals surface area contributed by atoms with Crippen LogP contribution in [0.5, 0.6) is 5.75 Å². The Morgan fingerprint density at radius 2 is 2.00 bits per heavy atom. The van der Waals surface area contributed by atoms with E-state index in [9.17, 15) is 20.0 Å². The van der Waals surface area contributed by atoms with Gasteiger partial charge in [0, 0.05) is 12.5 Å². The third-order valence-electron chi connectivity index (χ3n) is 4.07. The standard InChI is InChI=1S/C19H25N3O5/c1-11(23)22(21-17(25)27-18(2,3)4)15-13-9-12(10-20)7-8-14(13)26-19(5,6)16(15)24/h7-9,15-16,24H,1-6H3,(H,21,25). The number of rotatable bonds is 1. The topological polar surface area (TPSA) is 112 Å². The van der Waals surface area contributed by atoms with Crippen molar-refractivity contribution in [2.75, 3.05) is 0 Å². The first-order valence-electron chi connectivity index (χ1n) is 8.56. The smallest absolute Gasteiger partial charge is 0.426 e. The SMILES string of the molecule is CC(=O)N(NC(=O)OC(C)(C)C)C1c2cc(C#N)ccc2OC(C)(C)C1O. The zero-order chi connectivity index (χ0) is 20.6. The van der Waals surface area contributed by atoms with E-state index in [1.165, 1.54) is 13.0 Å². The highest BCUT2D eigenvalue weighted by Gasteiger charge is 2.47. The summed E-state index contributed by atoms with van der Waals surface area (Å²) < 4.78 is 11.1. The molecule has 1 aliphatic rings. The second-order valence-corrected chi connectivity index (χ2v) is 7.96. The molecule has 8 heteroatoms. The van der Waals surface area contributed by atoms with Gasteiger partial charge in [0.05, 0.1) is 11.6 Å². The second-order valence-electron chi connectivity index (χ2n) is 7.96. The van der Waals surface area contributed by atoms with E-state index in [1.54, 1.807) is 46.8 Å². The molecule has 1 aliphatic heterocycles. The molecule has 0 aliphatic carbocycles. The largest absolute Gasteiger partial charge is 0.485 e. The Kier molecular flexibility index (Phi) is 5.38. The molecule has 1 aromatic carbocycles. The maximum Gasteiger partial charge on any atom is 0.426 e. The third kappa shape index (κ3) is 4.49. The number of fused-ring (bicyclic) bond motifs is 1. The molecule has 8 nitrogen and oxygen atoms in total. The van der Waals surface area contributed by atoms with Crippen LogP contribution in [0.15, 0.2) is 18.2 Å². The van der Waals surface area contributed by atoms with E-state index in [0.29, 0.717) is 16.9 Å². The molecule has 146 valence electrons. The van der Waals surface area contributed by atoms with Crippen LogP contribution in [-0.2, 0) is 9.53 Å². The lowest BCUT2D eigenvalue weighted by Gasteiger charge is -2.45. The van der Waals surface area contributed by atoms with Crippen molar-refractivity contribution >= 4 is 12.0 Å². The van der Waals surface area contributed by atoms with Gasteiger partial charge in [0.2, 0.25) is 5.91 Å². The number of aliphatic hydroxyl groups excluding tert-OH is 1. The van der Waals surface area contributed by atoms with Gasteiger partial charge < -0.3 is 14.6 Å². The highest BCUT2D eigenvalue weighted by molar-refractivity contribution is 5.78. The number of carbonyl (C=O) groups is 2. The minimum absolute atomic E-state index is 0.343. The number of hydrogen-bond donors (Lipinski definition) is 2. The number of benzene rings is 1. The summed E-state index contributed by atoms with van der Waals surface area (Å²) in [5.74, 6) is -0.0811. The van der Waals surface area contributed by atoms with Crippen LogP contribution in [-0.4, -0.2) is 39.4 Å². The van der Waals surface area contributed by atoms with E-state index in [0.717, 1.165) is 5.01 Å². The van der Waals surface area contributed by atoms with E-state index in [4.69, 9.17) is 9.47 Å². The molecule has 1 heterocycles. The van der Waals surface area contributed by atoms with E-state index in [-0.39, 0.29) is 0 Å². The molecular formula is C19H25N3O5. The number of nitriles is 1. The Labute approximate surface area is 158 Å². The molecule has 2 rings (SSSR count). The Bertz CT molecular complexity index is 792. The summed E-state index contributed by atoms with van der Waals surface area (Å²) >= 11 is 0. The van der Waals surface area contributed by atoms with Gasteiger partial charge in [-0.05, 0) is 52.8 Å². The molecular weight excluding hydrogens is 350 g/mol. The van der Waals surface area contributed by atoms with Crippen molar-refractivity contribution in [3.05, 3.63) is 29.3 Å². The molecule has 0 fully saturated rings. The van der Waals surface area contributed by atoms with Crippen LogP contribution in [0.3, 0.4) is 0 Å². The molecule has 0 radical (unpaired) electrons. The van der Waals surface area contributed by atoms with Crippen molar-refractivity contribution in [2.45, 2.75) is 64.9 Å². The summed E-state index contributed by atoms with van der Waals surface area (Å²) in [6, 6.07) is 5.79. The van der Waals surface area contributed by atoms with Crippen LogP contribution >= 0.6 is 0 Å². The van der Waals surface area contributed by atoms with Crippen LogP contribution < -0.4 is 10.2 Å². The molecule has 2 amide bonds. The average Bonchev–Trinajstić information content (AvgIpc) is 2.52. The van der Waals surface area contributed by atoms with Crippen LogP contribution in [0.2, 0.25) is 0 Å². The number of carbonyl (C=O) groups excluding carboxylic acids is 2. The fraction of sp³-hybridized carbons (Fsp3) is 0.526. The fourth-order valence-electron chi connectivity index (χ4n) is 2.86. The maximum atomic E-state index is 12.3. The first-order valence-corrected chi connectivity index (χ1v) is 8.56. The average molecular weight is 375 g/mol. The summed E-state index contributed by atoms with van der Waals surface area (Å²) in [5, 5.41) is 21.1. The fourth-order valence-corrected chi connectivity index (χ4v) is 2.86. The Morgan fingerprint density at radius 1 is 1.37 bits per heavy atom. The monoisotopic (exact) mass is 375 g/mol. The van der Waals surface area contributed by atoms with E-state index < -0.39 is 35.3 Å². The van der Waals surface area contributed by atoms with Gasteiger partial charge in [0.15, 0.2) is 0 Å². The van der Waals surface area contributed by atoms with Crippen LogP contribution in [0.25, 0.3) is 0 Å². The molecule has 0 saturated carbocycles. The summed E-state index contributed by atoms with van der Waals surface area (Å²) in [7, 11) is 0. The Hall–Kier alpha value is -2.79. The molecule has 27 heavy (non-hydrogen) atoms. The van der Waals surface area contributed by atoms with Crippen LogP contribution in [0.1, 0.15) is 58.7 Å². The van der Waals surface area contributed by atoms with Gasteiger partial charge >= 0.3 is 6.09 Å². The predicted octanol–water partition coefficient (Wildman–Crippen LogP) is 2.42. The first kappa shape index (κ1) is 20.5. The number of hydrazine groups is 1. The minimum atomic E-state index is -1.17. The Morgan fingerprint density at radius 3 is 2.52 bits per heavy atom. The molecule has 1 aromatic rings. The number of amides is 2. The molecule has 0 saturated heterocycles. The molecule has 2 N–H and O–H groups in total. The summed E-state index contributed by atoms with van der Waals surface area (Å²) in [4.78, 5) is 24.5. The van der Waals surface area contributed by atoms with Gasteiger partial charge in [0.1, 0.15) is 29.1 Å². The number of ether oxygens (including phenoxy) is 2. The van der Waals surface area contributed by atoms with Gasteiger partial charge in [-0.25, -0.2) is 15.2 Å². The minimum Gasteiger partial charge on any atom is -0.485 e. The van der Waals surface area contributed by atoms with E-state index >= 15 is 0 Å². The number of aliphatic hydroxyl groups is 1. The van der Waals surface area contributed by atoms with Crippen molar-refractivity contribution < 1.29 is 24.2 Å². The second kappa shape index (κ2) is 7.08. The van der Waals surface area contributed by atoms with Crippen molar-refractivity contribution in [1.82, 2.24) is 10.4 Å². The number of nitrogens with zero attached hydrogens (tertiary/aromatic N) is 2. The Balaban J connectivity index is 2.49. The maximum absolute atomic E-state index is 12.3. The molecule has 2 unspecified atom stereocenters. The summed E-state index contributed by atoms with van der Waals surface area (Å²) in [5.41, 5.74) is 1.39. The van der Waals surface area contributed by atoms with E-state index in [1.807, 2.05) is 6.07 Å². The highest BCUT2D eigenvalue weighted by Crippen LogP contribution is 2.42. The lowest BCUT2D eigenvalue weighted by Crippen LogP contribution is -2.59. The van der Waals surface area contributed by atoms with Gasteiger partial charge in [-0.15, -0.1) is 0 Å². The molecule has 0 aromatic heterocycles. The van der Waals surface area contributed by atoms with Gasteiger partial charge in [-0.2, -0.15) is 5.26 Å². The van der Waals surface area contributed by atoms with Crippen molar-refractivity contribution in [1.29, 1.82) is 5.26 Å². The van der Waals surface area contributed by atoms with Crippen molar-refractivity contribution in [2.24, 2.45) is 0 Å². The van der Waals surface area contributed by atoms with Crippen molar-refractivity contribution in [3.63, 3.8) is 0 Å². The summed E-state index contributed by atoms with van der Waals surface area (Å²) in [6.07, 6.45) is -2.00. The van der Waals surface area contributed by atoms with Crippen molar-refractivity contribution in [3.8, 4) is 11.8 Å². The van der Waals surface area contributed by atoms with Gasteiger partial charge in [-0.1, -0.05) is 0 Å². The molecule has 0 bridgehead atoms. The lowest BCUT2D eigenvalue weighted by atomic mass is 9.85. The van der Waals surface area contributed by atoms with Crippen LogP contribution in [0.4, 0.5) is 4.79 Å². The molecule has 0 spiro atoms. The van der Waals surface area contributed by atoms with Crippen LogP contribution in [0, 0.1) is 11.3 Å². The van der Waals surface area contributed by atoms with Gasteiger partial charge in [0.25, 0.3) is 0 Å². The summed E-state index contributed by atoms with van der Waals surface area (Å²) in [6.45, 7) is 9.72. The van der Waals surface area contributed by atoms with E-state index in [2.05, 4.69) is 5.43 Å². The number of nitrogens with one attached hydrogen (secondary N) is 1.